The van der Waals surface area contributed by atoms with E-state index in [0.717, 1.165) is 22.0 Å². The number of nitrogens with two attached hydrogens (primary N) is 1. The van der Waals surface area contributed by atoms with Crippen molar-refractivity contribution in [1.29, 1.82) is 0 Å². The first-order valence-corrected chi connectivity index (χ1v) is 6.90. The number of H-pyrrole nitrogens is 1. The van der Waals surface area contributed by atoms with Crippen LogP contribution in [-0.2, 0) is 22.5 Å². The average Bonchev–Trinajstić information content (AvgIpc) is 2.76. The fraction of sp³-hybridized carbons (Fsp3) is 0.438. The molecule has 0 spiro atoms. The van der Waals surface area contributed by atoms with Crippen molar-refractivity contribution in [3.8, 4) is 0 Å². The van der Waals surface area contributed by atoms with Crippen LogP contribution in [0.5, 0.6) is 0 Å². The van der Waals surface area contributed by atoms with E-state index in [9.17, 15) is 4.79 Å². The maximum absolute atomic E-state index is 11.8. The second kappa shape index (κ2) is 5.67. The molecule has 0 unspecified atom stereocenters. The summed E-state index contributed by atoms with van der Waals surface area (Å²) in [5.74, 6) is -0.165. The van der Waals surface area contributed by atoms with Crippen molar-refractivity contribution >= 4 is 16.9 Å². The Hall–Kier alpha value is -1.81. The molecule has 0 bridgehead atoms. The number of hydrogen-bond acceptors (Lipinski definition) is 3. The summed E-state index contributed by atoms with van der Waals surface area (Å²) in [6.45, 7) is 6.16. The van der Waals surface area contributed by atoms with Crippen molar-refractivity contribution in [2.45, 2.75) is 45.8 Å². The summed E-state index contributed by atoms with van der Waals surface area (Å²) in [6.07, 6.45) is 3.01. The van der Waals surface area contributed by atoms with Crippen LogP contribution in [0.1, 0.15) is 38.3 Å². The second-order valence-electron chi connectivity index (χ2n) is 5.98. The molecule has 0 aliphatic carbocycles. The highest BCUT2D eigenvalue weighted by Gasteiger charge is 2.16. The van der Waals surface area contributed by atoms with E-state index in [1.54, 1.807) is 0 Å². The normalized spacial score (nSPS) is 11.8. The Kier molecular flexibility index (Phi) is 4.14. The van der Waals surface area contributed by atoms with Gasteiger partial charge in [-0.3, -0.25) is 4.79 Å². The van der Waals surface area contributed by atoms with Crippen molar-refractivity contribution in [1.82, 2.24) is 4.98 Å². The number of carbonyl (C=O) groups excluding carboxylic acids is 1. The van der Waals surface area contributed by atoms with Crippen LogP contribution in [0.4, 0.5) is 0 Å². The maximum atomic E-state index is 11.8. The highest BCUT2D eigenvalue weighted by molar-refractivity contribution is 5.84. The Bertz CT molecular complexity index is 608. The predicted octanol–water partition coefficient (Wildman–Crippen LogP) is 2.90. The van der Waals surface area contributed by atoms with Gasteiger partial charge in [-0.2, -0.15) is 0 Å². The fourth-order valence-corrected chi connectivity index (χ4v) is 2.19. The maximum Gasteiger partial charge on any atom is 0.306 e. The molecule has 0 fully saturated rings. The molecule has 1 aromatic carbocycles. The van der Waals surface area contributed by atoms with Gasteiger partial charge < -0.3 is 15.5 Å². The molecule has 0 saturated carbocycles. The standard InChI is InChI=1S/C16H22N2O2/c1-16(2,3)20-15(19)7-5-12-10-18-14-6-4-11(9-17)8-13(12)14/h4,6,8,10,18H,5,7,9,17H2,1-3H3. The average molecular weight is 274 g/mol. The molecule has 20 heavy (non-hydrogen) atoms. The van der Waals surface area contributed by atoms with Crippen LogP contribution in [0.3, 0.4) is 0 Å². The van der Waals surface area contributed by atoms with E-state index < -0.39 is 5.60 Å². The minimum Gasteiger partial charge on any atom is -0.460 e. The number of hydrogen-bond donors (Lipinski definition) is 2. The summed E-state index contributed by atoms with van der Waals surface area (Å²) in [4.78, 5) is 15.0. The number of ether oxygens (including phenoxy) is 1. The molecular formula is C16H22N2O2. The van der Waals surface area contributed by atoms with Gasteiger partial charge in [0, 0.05) is 30.1 Å². The zero-order chi connectivity index (χ0) is 14.8. The SMILES string of the molecule is CC(C)(C)OC(=O)CCc1c[nH]c2ccc(CN)cc12. The Morgan fingerprint density at radius 2 is 2.10 bits per heavy atom. The molecule has 4 heteroatoms. The number of esters is 1. The highest BCUT2D eigenvalue weighted by atomic mass is 16.6. The first-order chi connectivity index (χ1) is 9.39. The quantitative estimate of drug-likeness (QED) is 0.842. The summed E-state index contributed by atoms with van der Waals surface area (Å²) < 4.78 is 5.32. The van der Waals surface area contributed by atoms with Gasteiger partial charge in [-0.05, 0) is 50.5 Å². The number of fused-ring (bicyclic) bond motifs is 1. The largest absolute Gasteiger partial charge is 0.460 e. The summed E-state index contributed by atoms with van der Waals surface area (Å²) in [6, 6.07) is 6.11. The Labute approximate surface area is 119 Å². The number of aromatic nitrogens is 1. The van der Waals surface area contributed by atoms with Crippen LogP contribution in [0.15, 0.2) is 24.4 Å². The van der Waals surface area contributed by atoms with Crippen LogP contribution < -0.4 is 5.73 Å². The van der Waals surface area contributed by atoms with Crippen LogP contribution in [0, 0.1) is 0 Å². The molecular weight excluding hydrogens is 252 g/mol. The van der Waals surface area contributed by atoms with Gasteiger partial charge in [0.15, 0.2) is 0 Å². The van der Waals surface area contributed by atoms with E-state index in [4.69, 9.17) is 10.5 Å². The van der Waals surface area contributed by atoms with E-state index in [2.05, 4.69) is 11.1 Å². The summed E-state index contributed by atoms with van der Waals surface area (Å²) in [5, 5.41) is 1.14. The monoisotopic (exact) mass is 274 g/mol. The number of carbonyl (C=O) groups is 1. The molecule has 3 N–H and O–H groups in total. The van der Waals surface area contributed by atoms with E-state index in [0.29, 0.717) is 19.4 Å². The molecule has 0 radical (unpaired) electrons. The molecule has 0 saturated heterocycles. The third-order valence-corrected chi connectivity index (χ3v) is 3.09. The Morgan fingerprint density at radius 1 is 1.35 bits per heavy atom. The molecule has 1 aromatic heterocycles. The number of aryl methyl sites for hydroxylation is 1. The summed E-state index contributed by atoms with van der Waals surface area (Å²) in [5.41, 5.74) is 8.53. The highest BCUT2D eigenvalue weighted by Crippen LogP contribution is 2.21. The smallest absolute Gasteiger partial charge is 0.306 e. The lowest BCUT2D eigenvalue weighted by molar-refractivity contribution is -0.154. The molecule has 0 aliphatic rings. The fourth-order valence-electron chi connectivity index (χ4n) is 2.19. The zero-order valence-corrected chi connectivity index (χ0v) is 12.3. The van der Waals surface area contributed by atoms with Gasteiger partial charge in [-0.25, -0.2) is 0 Å². The Balaban J connectivity index is 2.08. The minimum absolute atomic E-state index is 0.165. The van der Waals surface area contributed by atoms with Crippen molar-refractivity contribution in [3.63, 3.8) is 0 Å². The lowest BCUT2D eigenvalue weighted by Crippen LogP contribution is -2.23. The van der Waals surface area contributed by atoms with Gasteiger partial charge in [0.2, 0.25) is 0 Å². The van der Waals surface area contributed by atoms with Gasteiger partial charge in [0.25, 0.3) is 0 Å². The topological polar surface area (TPSA) is 68.1 Å². The molecule has 1 heterocycles. The van der Waals surface area contributed by atoms with Crippen LogP contribution in [0.25, 0.3) is 10.9 Å². The molecule has 4 nitrogen and oxygen atoms in total. The lowest BCUT2D eigenvalue weighted by atomic mass is 10.1. The van der Waals surface area contributed by atoms with Crippen LogP contribution in [-0.4, -0.2) is 16.6 Å². The van der Waals surface area contributed by atoms with Crippen molar-refractivity contribution in [3.05, 3.63) is 35.5 Å². The van der Waals surface area contributed by atoms with Crippen molar-refractivity contribution in [2.75, 3.05) is 0 Å². The first kappa shape index (κ1) is 14.6. The van der Waals surface area contributed by atoms with Gasteiger partial charge in [0.1, 0.15) is 5.60 Å². The lowest BCUT2D eigenvalue weighted by Gasteiger charge is -2.19. The van der Waals surface area contributed by atoms with Gasteiger partial charge in [-0.15, -0.1) is 0 Å². The number of aromatic amines is 1. The van der Waals surface area contributed by atoms with Crippen molar-refractivity contribution in [2.24, 2.45) is 5.73 Å². The van der Waals surface area contributed by atoms with Gasteiger partial charge in [-0.1, -0.05) is 6.07 Å². The van der Waals surface area contributed by atoms with Crippen molar-refractivity contribution < 1.29 is 9.53 Å². The third kappa shape index (κ3) is 3.61. The second-order valence-corrected chi connectivity index (χ2v) is 5.98. The number of rotatable bonds is 4. The van der Waals surface area contributed by atoms with Crippen LogP contribution in [0.2, 0.25) is 0 Å². The van der Waals surface area contributed by atoms with Crippen LogP contribution >= 0.6 is 0 Å². The third-order valence-electron chi connectivity index (χ3n) is 3.09. The Morgan fingerprint density at radius 3 is 2.75 bits per heavy atom. The number of benzene rings is 1. The number of nitrogens with one attached hydrogen (secondary N) is 1. The molecule has 2 rings (SSSR count). The minimum atomic E-state index is -0.427. The van der Waals surface area contributed by atoms with E-state index in [1.165, 1.54) is 0 Å². The van der Waals surface area contributed by atoms with E-state index >= 15 is 0 Å². The molecule has 0 atom stereocenters. The molecule has 108 valence electrons. The first-order valence-electron chi connectivity index (χ1n) is 6.90. The van der Waals surface area contributed by atoms with E-state index in [1.807, 2.05) is 39.1 Å². The zero-order valence-electron chi connectivity index (χ0n) is 12.3. The molecule has 2 aromatic rings. The molecule has 0 aliphatic heterocycles. The van der Waals surface area contributed by atoms with Gasteiger partial charge in [0.05, 0.1) is 0 Å². The predicted molar refractivity (Wildman–Crippen MR) is 80.4 cm³/mol. The summed E-state index contributed by atoms with van der Waals surface area (Å²) >= 11 is 0. The van der Waals surface area contributed by atoms with Gasteiger partial charge >= 0.3 is 5.97 Å². The molecule has 0 amide bonds. The summed E-state index contributed by atoms with van der Waals surface area (Å²) in [7, 11) is 0. The van der Waals surface area contributed by atoms with E-state index in [-0.39, 0.29) is 5.97 Å².